The van der Waals surface area contributed by atoms with E-state index in [1.165, 1.54) is 21.9 Å². The highest BCUT2D eigenvalue weighted by Crippen LogP contribution is 2.42. The lowest BCUT2D eigenvalue weighted by molar-refractivity contribution is 0.668. The van der Waals surface area contributed by atoms with E-state index in [-0.39, 0.29) is 0 Å². The first-order valence-corrected chi connectivity index (χ1v) is 25.2. The molecule has 0 saturated heterocycles. The number of nitrogens with zero attached hydrogens (tertiary/aromatic N) is 4. The molecule has 0 N–H and O–H groups in total. The molecule has 0 spiro atoms. The Morgan fingerprint density at radius 3 is 1.53 bits per heavy atom. The van der Waals surface area contributed by atoms with Crippen LogP contribution >= 0.6 is 0 Å². The van der Waals surface area contributed by atoms with Crippen molar-refractivity contribution in [3.8, 4) is 84.4 Å². The van der Waals surface area contributed by atoms with Gasteiger partial charge >= 0.3 is 0 Å². The van der Waals surface area contributed by atoms with Crippen molar-refractivity contribution in [3.05, 3.63) is 255 Å². The van der Waals surface area contributed by atoms with E-state index in [1.807, 2.05) is 54.6 Å². The zero-order chi connectivity index (χ0) is 49.4. The fraction of sp³-hybridized carbons (Fsp3) is 0. The highest BCUT2D eigenvalue weighted by Gasteiger charge is 2.21. The molecule has 0 unspecified atom stereocenters. The van der Waals surface area contributed by atoms with Crippen LogP contribution in [0.25, 0.3) is 150 Å². The maximum Gasteiger partial charge on any atom is 0.164 e. The molecule has 0 bridgehead atoms. The van der Waals surface area contributed by atoms with Crippen LogP contribution in [0.2, 0.25) is 0 Å². The summed E-state index contributed by atoms with van der Waals surface area (Å²) in [6, 6.07) is 89.3. The number of benzene rings is 11. The van der Waals surface area contributed by atoms with E-state index in [1.54, 1.807) is 0 Å². The number of rotatable bonds is 8. The van der Waals surface area contributed by atoms with E-state index in [9.17, 15) is 0 Å². The summed E-state index contributed by atoms with van der Waals surface area (Å²) in [7, 11) is 0. The lowest BCUT2D eigenvalue weighted by Crippen LogP contribution is -2.00. The van der Waals surface area contributed by atoms with Crippen LogP contribution in [0.15, 0.2) is 264 Å². The Morgan fingerprint density at radius 1 is 0.253 bits per heavy atom. The summed E-state index contributed by atoms with van der Waals surface area (Å²) in [5.74, 6) is 1.75. The number of furan rings is 2. The van der Waals surface area contributed by atoms with Crippen molar-refractivity contribution in [1.29, 1.82) is 0 Å². The molecule has 0 saturated carbocycles. The van der Waals surface area contributed by atoms with Gasteiger partial charge in [-0.05, 0) is 111 Å². The molecule has 6 nitrogen and oxygen atoms in total. The van der Waals surface area contributed by atoms with Crippen LogP contribution in [0.3, 0.4) is 0 Å². The molecule has 0 aliphatic carbocycles. The van der Waals surface area contributed by atoms with Crippen LogP contribution in [0.5, 0.6) is 0 Å². The second-order valence-corrected chi connectivity index (χ2v) is 19.1. The van der Waals surface area contributed by atoms with Gasteiger partial charge in [-0.25, -0.2) is 15.0 Å². The van der Waals surface area contributed by atoms with Crippen molar-refractivity contribution in [1.82, 2.24) is 19.5 Å². The summed E-state index contributed by atoms with van der Waals surface area (Å²) in [4.78, 5) is 15.6. The maximum atomic E-state index is 6.67. The molecule has 6 heteroatoms. The Balaban J connectivity index is 0.826. The highest BCUT2D eigenvalue weighted by atomic mass is 16.3. The molecule has 75 heavy (non-hydrogen) atoms. The van der Waals surface area contributed by atoms with Crippen LogP contribution in [0, 0.1) is 0 Å². The minimum atomic E-state index is 0.566. The predicted octanol–water partition coefficient (Wildman–Crippen LogP) is 18.4. The number of fused-ring (bicyclic) bond motifs is 9. The fourth-order valence-corrected chi connectivity index (χ4v) is 11.0. The molecule has 11 aromatic carbocycles. The van der Waals surface area contributed by atoms with Gasteiger partial charge < -0.3 is 13.4 Å². The SMILES string of the molecule is c1ccc(-c2ccc(-c3nc(-c4ccccc4)nc(-c4cc(-c5cccc(-c6ccc7oc8cc(-n9c%10ccccc%10c%10cc(-c%11ccccc%11)ccc%109)ccc8c7c6)c5)cc5oc6ccccc6c45)n3)cc2)cc1. The van der Waals surface area contributed by atoms with E-state index in [0.29, 0.717) is 17.5 Å². The second kappa shape index (κ2) is 17.3. The minimum absolute atomic E-state index is 0.566. The van der Waals surface area contributed by atoms with E-state index in [0.717, 1.165) is 111 Å². The Morgan fingerprint density at radius 2 is 0.760 bits per heavy atom. The summed E-state index contributed by atoms with van der Waals surface area (Å²) in [6.45, 7) is 0. The number of para-hydroxylation sites is 2. The van der Waals surface area contributed by atoms with Crippen molar-refractivity contribution < 1.29 is 8.83 Å². The van der Waals surface area contributed by atoms with E-state index >= 15 is 0 Å². The topological polar surface area (TPSA) is 69.9 Å². The molecule has 15 aromatic rings. The molecular formula is C69H42N4O2. The molecule has 15 rings (SSSR count). The molecule has 0 aliphatic heterocycles. The van der Waals surface area contributed by atoms with E-state index < -0.39 is 0 Å². The molecule has 4 aromatic heterocycles. The number of aromatic nitrogens is 4. The van der Waals surface area contributed by atoms with Gasteiger partial charge in [0, 0.05) is 60.8 Å². The molecule has 0 amide bonds. The summed E-state index contributed by atoms with van der Waals surface area (Å²) in [5, 5.41) is 6.52. The molecule has 0 aliphatic rings. The van der Waals surface area contributed by atoms with Crippen molar-refractivity contribution in [2.24, 2.45) is 0 Å². The smallest absolute Gasteiger partial charge is 0.164 e. The monoisotopic (exact) mass is 958 g/mol. The van der Waals surface area contributed by atoms with Crippen LogP contribution in [0.4, 0.5) is 0 Å². The average molecular weight is 959 g/mol. The molecule has 0 radical (unpaired) electrons. The Labute approximate surface area is 431 Å². The van der Waals surface area contributed by atoms with Crippen molar-refractivity contribution in [3.63, 3.8) is 0 Å². The van der Waals surface area contributed by atoms with Crippen LogP contribution in [-0.2, 0) is 0 Å². The highest BCUT2D eigenvalue weighted by molar-refractivity contribution is 6.14. The van der Waals surface area contributed by atoms with Gasteiger partial charge in [0.05, 0.1) is 11.0 Å². The predicted molar refractivity (Wildman–Crippen MR) is 307 cm³/mol. The van der Waals surface area contributed by atoms with Crippen molar-refractivity contribution in [2.45, 2.75) is 0 Å². The number of hydrogen-bond acceptors (Lipinski definition) is 5. The second-order valence-electron chi connectivity index (χ2n) is 19.1. The standard InChI is InChI=1S/C69H42N4O2/c1-4-15-43(16-5-1)45-27-29-47(30-28-45)68-70-67(46-19-8-3-9-20-46)71-69(72-68)59-40-52(41-65-66(59)56-24-11-13-26-62(56)75-65)49-22-14-21-48(37-49)51-32-36-63-58(39-51)55-34-33-53(42-64(55)74-63)73-60-25-12-10-23-54(60)57-38-50(31-35-61(57)73)44-17-6-2-7-18-44/h1-42H. The van der Waals surface area contributed by atoms with E-state index in [4.69, 9.17) is 23.8 Å². The van der Waals surface area contributed by atoms with Crippen LogP contribution in [0.1, 0.15) is 0 Å². The minimum Gasteiger partial charge on any atom is -0.456 e. The van der Waals surface area contributed by atoms with Crippen LogP contribution in [-0.4, -0.2) is 19.5 Å². The first-order chi connectivity index (χ1) is 37.1. The third kappa shape index (κ3) is 7.30. The Bertz CT molecular complexity index is 4690. The average Bonchev–Trinajstić information content (AvgIpc) is 4.19. The molecule has 0 fully saturated rings. The van der Waals surface area contributed by atoms with Gasteiger partial charge in [-0.3, -0.25) is 0 Å². The first-order valence-electron chi connectivity index (χ1n) is 25.2. The fourth-order valence-electron chi connectivity index (χ4n) is 11.0. The zero-order valence-corrected chi connectivity index (χ0v) is 40.4. The Kier molecular flexibility index (Phi) is 9.78. The molecule has 350 valence electrons. The number of hydrogen-bond donors (Lipinski definition) is 0. The summed E-state index contributed by atoms with van der Waals surface area (Å²) < 4.78 is 15.7. The lowest BCUT2D eigenvalue weighted by Gasteiger charge is -2.12. The first kappa shape index (κ1) is 42.5. The van der Waals surface area contributed by atoms with Crippen LogP contribution < -0.4 is 0 Å². The quantitative estimate of drug-likeness (QED) is 0.152. The summed E-state index contributed by atoms with van der Waals surface area (Å²) in [5.41, 5.74) is 18.1. The lowest BCUT2D eigenvalue weighted by atomic mass is 9.95. The van der Waals surface area contributed by atoms with Crippen molar-refractivity contribution >= 4 is 65.7 Å². The van der Waals surface area contributed by atoms with Gasteiger partial charge in [0.25, 0.3) is 0 Å². The third-order valence-electron chi connectivity index (χ3n) is 14.7. The largest absolute Gasteiger partial charge is 0.456 e. The molecule has 4 heterocycles. The third-order valence-corrected chi connectivity index (χ3v) is 14.7. The summed E-state index contributed by atoms with van der Waals surface area (Å²) in [6.07, 6.45) is 0. The van der Waals surface area contributed by atoms with Gasteiger partial charge in [-0.2, -0.15) is 0 Å². The van der Waals surface area contributed by atoms with Gasteiger partial charge in [-0.15, -0.1) is 0 Å². The summed E-state index contributed by atoms with van der Waals surface area (Å²) >= 11 is 0. The van der Waals surface area contributed by atoms with Gasteiger partial charge in [0.2, 0.25) is 0 Å². The molecule has 0 atom stereocenters. The van der Waals surface area contributed by atoms with Gasteiger partial charge in [0.1, 0.15) is 22.3 Å². The maximum absolute atomic E-state index is 6.67. The van der Waals surface area contributed by atoms with Crippen molar-refractivity contribution in [2.75, 3.05) is 0 Å². The molecular weight excluding hydrogens is 917 g/mol. The Hall–Kier alpha value is -10.2. The van der Waals surface area contributed by atoms with E-state index in [2.05, 4.69) is 205 Å². The van der Waals surface area contributed by atoms with Gasteiger partial charge in [-0.1, -0.05) is 182 Å². The zero-order valence-electron chi connectivity index (χ0n) is 40.4. The normalized spacial score (nSPS) is 11.7. The van der Waals surface area contributed by atoms with Gasteiger partial charge in [0.15, 0.2) is 17.5 Å².